The van der Waals surface area contributed by atoms with E-state index in [2.05, 4.69) is 39.8 Å². The second-order valence-corrected chi connectivity index (χ2v) is 7.23. The summed E-state index contributed by atoms with van der Waals surface area (Å²) in [7, 11) is 0. The third kappa shape index (κ3) is 21.9. The summed E-state index contributed by atoms with van der Waals surface area (Å²) >= 11 is 0. The number of carbonyl (C=O) groups excluding carboxylic acids is 1. The number of aliphatic carboxylic acids is 1. The molecule has 160 valence electrons. The van der Waals surface area contributed by atoms with Gasteiger partial charge in [-0.25, -0.2) is 9.59 Å². The van der Waals surface area contributed by atoms with Gasteiger partial charge in [0, 0.05) is 12.2 Å². The first kappa shape index (κ1) is 28.1. The summed E-state index contributed by atoms with van der Waals surface area (Å²) in [6.45, 7) is 14.5. The molecule has 0 radical (unpaired) electrons. The Bertz CT molecular complexity index is 573. The van der Waals surface area contributed by atoms with Gasteiger partial charge in [-0.2, -0.15) is 0 Å². The van der Waals surface area contributed by atoms with E-state index >= 15 is 0 Å². The SMILES string of the molecule is CCC/C(C)=C/CC/C(C)=C/C(=O)O.CCOC(=O)/C=C(\C)CCC=C(C)C. The van der Waals surface area contributed by atoms with Crippen LogP contribution in [0.3, 0.4) is 0 Å². The van der Waals surface area contributed by atoms with Crippen molar-refractivity contribution in [3.05, 3.63) is 46.6 Å². The molecule has 0 amide bonds. The van der Waals surface area contributed by atoms with Crippen LogP contribution in [0.4, 0.5) is 0 Å². The maximum Gasteiger partial charge on any atom is 0.330 e. The number of hydrogen-bond donors (Lipinski definition) is 1. The van der Waals surface area contributed by atoms with Gasteiger partial charge in [0.15, 0.2) is 0 Å². The zero-order valence-corrected chi connectivity index (χ0v) is 18.9. The third-order valence-corrected chi connectivity index (χ3v) is 3.79. The summed E-state index contributed by atoms with van der Waals surface area (Å²) in [5.41, 5.74) is 4.71. The Morgan fingerprint density at radius 2 is 1.32 bits per heavy atom. The van der Waals surface area contributed by atoms with Crippen molar-refractivity contribution in [1.29, 1.82) is 0 Å². The zero-order valence-electron chi connectivity index (χ0n) is 18.9. The molecule has 0 atom stereocenters. The van der Waals surface area contributed by atoms with Crippen LogP contribution in [-0.4, -0.2) is 23.7 Å². The van der Waals surface area contributed by atoms with Crippen molar-refractivity contribution in [2.24, 2.45) is 0 Å². The van der Waals surface area contributed by atoms with Crippen LogP contribution in [0.25, 0.3) is 0 Å². The minimum Gasteiger partial charge on any atom is -0.478 e. The number of ether oxygens (including phenoxy) is 1. The van der Waals surface area contributed by atoms with Crippen LogP contribution in [0.5, 0.6) is 0 Å². The van der Waals surface area contributed by atoms with E-state index in [9.17, 15) is 9.59 Å². The highest BCUT2D eigenvalue weighted by molar-refractivity contribution is 5.82. The zero-order chi connectivity index (χ0) is 21.9. The molecule has 0 aromatic rings. The Kier molecular flexibility index (Phi) is 18.3. The first-order valence-electron chi connectivity index (χ1n) is 10.1. The lowest BCUT2D eigenvalue weighted by Gasteiger charge is -1.99. The van der Waals surface area contributed by atoms with Gasteiger partial charge in [0.2, 0.25) is 0 Å². The largest absolute Gasteiger partial charge is 0.478 e. The van der Waals surface area contributed by atoms with E-state index in [1.807, 2.05) is 20.8 Å². The third-order valence-electron chi connectivity index (χ3n) is 3.79. The Balaban J connectivity index is 0. The van der Waals surface area contributed by atoms with E-state index in [1.165, 1.54) is 23.6 Å². The summed E-state index contributed by atoms with van der Waals surface area (Å²) in [4.78, 5) is 21.4. The van der Waals surface area contributed by atoms with Crippen molar-refractivity contribution in [3.8, 4) is 0 Å². The van der Waals surface area contributed by atoms with E-state index in [1.54, 1.807) is 6.08 Å². The maximum absolute atomic E-state index is 11.0. The lowest BCUT2D eigenvalue weighted by atomic mass is 10.1. The normalized spacial score (nSPS) is 12.0. The molecule has 0 unspecified atom stereocenters. The summed E-state index contributed by atoms with van der Waals surface area (Å²) in [6.07, 6.45) is 13.2. The van der Waals surface area contributed by atoms with Gasteiger partial charge in [-0.15, -0.1) is 0 Å². The van der Waals surface area contributed by atoms with Crippen LogP contribution >= 0.6 is 0 Å². The van der Waals surface area contributed by atoms with Crippen LogP contribution in [0.15, 0.2) is 46.6 Å². The van der Waals surface area contributed by atoms with E-state index < -0.39 is 5.97 Å². The first-order valence-corrected chi connectivity index (χ1v) is 10.1. The van der Waals surface area contributed by atoms with Gasteiger partial charge in [0.05, 0.1) is 6.61 Å². The van der Waals surface area contributed by atoms with Gasteiger partial charge >= 0.3 is 11.9 Å². The lowest BCUT2D eigenvalue weighted by Crippen LogP contribution is -2.00. The summed E-state index contributed by atoms with van der Waals surface area (Å²) in [6, 6.07) is 0. The second kappa shape index (κ2) is 18.3. The standard InChI is InChI=1S/2C12H20O2/c1-5-14-12(13)9-11(4)8-6-7-10(2)3;1-4-6-10(2)7-5-8-11(3)9-12(13)14/h7,9H,5-6,8H2,1-4H3;7,9H,4-6,8H2,1-3H3,(H,13,14)/b11-9+;10-7+,11-9+. The van der Waals surface area contributed by atoms with Crippen LogP contribution < -0.4 is 0 Å². The summed E-state index contributed by atoms with van der Waals surface area (Å²) < 4.78 is 4.81. The average molecular weight is 393 g/mol. The van der Waals surface area contributed by atoms with Gasteiger partial charge < -0.3 is 9.84 Å². The van der Waals surface area contributed by atoms with Gasteiger partial charge in [0.1, 0.15) is 0 Å². The van der Waals surface area contributed by atoms with E-state index in [-0.39, 0.29) is 5.97 Å². The molecule has 0 aromatic carbocycles. The summed E-state index contributed by atoms with van der Waals surface area (Å²) in [5.74, 6) is -1.08. The number of hydrogen-bond acceptors (Lipinski definition) is 3. The Morgan fingerprint density at radius 1 is 0.786 bits per heavy atom. The number of allylic oxidation sites excluding steroid dienone is 6. The van der Waals surface area contributed by atoms with Crippen LogP contribution in [0.2, 0.25) is 0 Å². The van der Waals surface area contributed by atoms with Crippen molar-refractivity contribution in [1.82, 2.24) is 0 Å². The van der Waals surface area contributed by atoms with Crippen molar-refractivity contribution in [2.75, 3.05) is 6.61 Å². The molecule has 0 aliphatic rings. The highest BCUT2D eigenvalue weighted by atomic mass is 16.5. The van der Waals surface area contributed by atoms with E-state index in [0.29, 0.717) is 6.61 Å². The first-order chi connectivity index (χ1) is 13.1. The molecule has 0 aliphatic carbocycles. The minimum atomic E-state index is -0.850. The van der Waals surface area contributed by atoms with Crippen molar-refractivity contribution in [2.45, 2.75) is 87.0 Å². The monoisotopic (exact) mass is 392 g/mol. The topological polar surface area (TPSA) is 63.6 Å². The predicted octanol–water partition coefficient (Wildman–Crippen LogP) is 6.79. The molecule has 0 aliphatic heterocycles. The van der Waals surface area contributed by atoms with Gasteiger partial charge in [-0.05, 0) is 73.6 Å². The fourth-order valence-electron chi connectivity index (χ4n) is 2.37. The highest BCUT2D eigenvalue weighted by Crippen LogP contribution is 2.09. The molecule has 0 saturated carbocycles. The number of rotatable bonds is 11. The van der Waals surface area contributed by atoms with Gasteiger partial charge in [-0.1, -0.05) is 47.8 Å². The predicted molar refractivity (Wildman–Crippen MR) is 118 cm³/mol. The lowest BCUT2D eigenvalue weighted by molar-refractivity contribution is -0.137. The van der Waals surface area contributed by atoms with Crippen LogP contribution in [0, 0.1) is 0 Å². The average Bonchev–Trinajstić information content (AvgIpc) is 2.54. The molecule has 4 nitrogen and oxygen atoms in total. The minimum absolute atomic E-state index is 0.234. The molecular weight excluding hydrogens is 352 g/mol. The highest BCUT2D eigenvalue weighted by Gasteiger charge is 1.97. The number of esters is 1. The van der Waals surface area contributed by atoms with Crippen molar-refractivity contribution in [3.63, 3.8) is 0 Å². The molecule has 0 spiro atoms. The molecular formula is C24H40O4. The maximum atomic E-state index is 11.0. The van der Waals surface area contributed by atoms with Gasteiger partial charge in [-0.3, -0.25) is 0 Å². The van der Waals surface area contributed by atoms with E-state index in [4.69, 9.17) is 9.84 Å². The molecule has 0 saturated heterocycles. The van der Waals surface area contributed by atoms with Gasteiger partial charge in [0.25, 0.3) is 0 Å². The van der Waals surface area contributed by atoms with Crippen LogP contribution in [-0.2, 0) is 14.3 Å². The molecule has 0 rings (SSSR count). The summed E-state index contributed by atoms with van der Waals surface area (Å²) in [5, 5.41) is 8.48. The fraction of sp³-hybridized carbons (Fsp3) is 0.583. The molecule has 1 N–H and O–H groups in total. The molecule has 4 heteroatoms. The molecule has 0 fully saturated rings. The van der Waals surface area contributed by atoms with Crippen molar-refractivity contribution >= 4 is 11.9 Å². The Labute approximate surface area is 172 Å². The number of carbonyl (C=O) groups is 2. The number of carboxylic acid groups (broad SMARTS) is 1. The van der Waals surface area contributed by atoms with Crippen molar-refractivity contribution < 1.29 is 19.4 Å². The molecule has 0 bridgehead atoms. The van der Waals surface area contributed by atoms with Crippen LogP contribution in [0.1, 0.15) is 87.0 Å². The Hall–Kier alpha value is -2.10. The smallest absolute Gasteiger partial charge is 0.330 e. The molecule has 28 heavy (non-hydrogen) atoms. The molecule has 0 aromatic heterocycles. The van der Waals surface area contributed by atoms with E-state index in [0.717, 1.165) is 43.3 Å². The second-order valence-electron chi connectivity index (χ2n) is 7.23. The Morgan fingerprint density at radius 3 is 1.79 bits per heavy atom. The fourth-order valence-corrected chi connectivity index (χ4v) is 2.37. The molecule has 0 heterocycles. The quantitative estimate of drug-likeness (QED) is 0.239. The number of carboxylic acids is 1.